The molecule has 2 nitrogen and oxygen atoms in total. The van der Waals surface area contributed by atoms with Crippen LogP contribution in [0.3, 0.4) is 0 Å². The maximum absolute atomic E-state index is 6.35. The zero-order valence-electron chi connectivity index (χ0n) is 14.3. The normalized spacial score (nSPS) is 11.1. The summed E-state index contributed by atoms with van der Waals surface area (Å²) in [6.45, 7) is 2.23. The van der Waals surface area contributed by atoms with Crippen LogP contribution in [0.25, 0.3) is 0 Å². The van der Waals surface area contributed by atoms with E-state index in [2.05, 4.69) is 4.99 Å². The fourth-order valence-electron chi connectivity index (χ4n) is 2.43. The molecular weight excluding hydrogens is 424 g/mol. The van der Waals surface area contributed by atoms with E-state index in [1.807, 2.05) is 31.2 Å². The molecule has 0 aliphatic heterocycles. The Labute approximate surface area is 178 Å². The molecule has 27 heavy (non-hydrogen) atoms. The summed E-state index contributed by atoms with van der Waals surface area (Å²) in [7, 11) is 0. The topological polar surface area (TPSA) is 21.6 Å². The van der Waals surface area contributed by atoms with Gasteiger partial charge in [-0.2, -0.15) is 0 Å². The smallest absolute Gasteiger partial charge is 0.157 e. The monoisotopic (exact) mass is 437 g/mol. The van der Waals surface area contributed by atoms with Gasteiger partial charge in [-0.25, -0.2) is 0 Å². The van der Waals surface area contributed by atoms with E-state index < -0.39 is 0 Å². The van der Waals surface area contributed by atoms with E-state index in [-0.39, 0.29) is 6.61 Å². The Balaban J connectivity index is 1.77. The lowest BCUT2D eigenvalue weighted by Crippen LogP contribution is -1.98. The molecule has 0 spiro atoms. The lowest BCUT2D eigenvalue weighted by molar-refractivity contribution is 0.306. The van der Waals surface area contributed by atoms with Gasteiger partial charge in [-0.1, -0.05) is 70.7 Å². The minimum Gasteiger partial charge on any atom is -0.486 e. The summed E-state index contributed by atoms with van der Waals surface area (Å²) in [5.74, 6) is 0.400. The van der Waals surface area contributed by atoms with Gasteiger partial charge in [0.1, 0.15) is 6.61 Å². The number of ether oxygens (including phenoxy) is 1. The molecule has 0 aliphatic rings. The first-order chi connectivity index (χ1) is 12.9. The molecule has 3 aromatic carbocycles. The van der Waals surface area contributed by atoms with E-state index in [4.69, 9.17) is 51.1 Å². The molecule has 0 bridgehead atoms. The molecule has 138 valence electrons. The van der Waals surface area contributed by atoms with Crippen molar-refractivity contribution in [1.29, 1.82) is 0 Å². The quantitative estimate of drug-likeness (QED) is 0.370. The van der Waals surface area contributed by atoms with E-state index in [9.17, 15) is 0 Å². The molecule has 0 unspecified atom stereocenters. The van der Waals surface area contributed by atoms with Crippen molar-refractivity contribution in [1.82, 2.24) is 0 Å². The molecule has 0 radical (unpaired) electrons. The maximum atomic E-state index is 6.35. The fraction of sp³-hybridized carbons (Fsp3) is 0.0952. The van der Waals surface area contributed by atoms with E-state index in [0.29, 0.717) is 25.8 Å². The number of benzene rings is 3. The average Bonchev–Trinajstić information content (AvgIpc) is 2.62. The fourth-order valence-corrected chi connectivity index (χ4v) is 3.51. The molecule has 0 heterocycles. The highest BCUT2D eigenvalue weighted by Gasteiger charge is 2.11. The van der Waals surface area contributed by atoms with Gasteiger partial charge in [-0.15, -0.1) is 0 Å². The van der Waals surface area contributed by atoms with Gasteiger partial charge in [-0.05, 0) is 48.4 Å². The first kappa shape index (κ1) is 20.0. The van der Waals surface area contributed by atoms with Crippen LogP contribution in [0.15, 0.2) is 59.6 Å². The van der Waals surface area contributed by atoms with Crippen molar-refractivity contribution in [3.63, 3.8) is 0 Å². The molecule has 3 rings (SSSR count). The molecule has 6 heteroatoms. The van der Waals surface area contributed by atoms with Crippen LogP contribution < -0.4 is 4.74 Å². The van der Waals surface area contributed by atoms with Crippen LogP contribution in [0.2, 0.25) is 20.1 Å². The Kier molecular flexibility index (Phi) is 6.67. The minimum atomic E-state index is 0.228. The summed E-state index contributed by atoms with van der Waals surface area (Å²) in [6.07, 6.45) is 1.72. The molecule has 0 atom stereocenters. The Hall–Kier alpha value is -1.71. The molecule has 0 amide bonds. The summed E-state index contributed by atoms with van der Waals surface area (Å²) < 4.78 is 5.78. The van der Waals surface area contributed by atoms with Crippen LogP contribution in [0.5, 0.6) is 5.75 Å². The highest BCUT2D eigenvalue weighted by atomic mass is 35.5. The van der Waals surface area contributed by atoms with Crippen LogP contribution in [-0.2, 0) is 6.61 Å². The average molecular weight is 439 g/mol. The maximum Gasteiger partial charge on any atom is 0.157 e. The molecular formula is C21H15Cl4NO. The third-order valence-corrected chi connectivity index (χ3v) is 5.02. The predicted molar refractivity (Wildman–Crippen MR) is 116 cm³/mol. The summed E-state index contributed by atoms with van der Waals surface area (Å²) in [5.41, 5.74) is 3.55. The Morgan fingerprint density at radius 2 is 1.59 bits per heavy atom. The molecule has 0 aromatic heterocycles. The SMILES string of the molecule is Cc1ccccc1N=Cc1cc(Cl)c(OCc2ccc(Cl)cc2Cl)c(Cl)c1. The minimum absolute atomic E-state index is 0.228. The molecule has 0 aliphatic carbocycles. The number of hydrogen-bond acceptors (Lipinski definition) is 2. The second-order valence-electron chi connectivity index (χ2n) is 5.88. The van der Waals surface area contributed by atoms with Gasteiger partial charge in [0.2, 0.25) is 0 Å². The van der Waals surface area contributed by atoms with Gasteiger partial charge in [0, 0.05) is 21.8 Å². The Morgan fingerprint density at radius 3 is 2.26 bits per heavy atom. The summed E-state index contributed by atoms with van der Waals surface area (Å²) in [4.78, 5) is 4.49. The van der Waals surface area contributed by atoms with Crippen molar-refractivity contribution in [2.75, 3.05) is 0 Å². The van der Waals surface area contributed by atoms with Crippen LogP contribution >= 0.6 is 46.4 Å². The number of nitrogens with zero attached hydrogens (tertiary/aromatic N) is 1. The van der Waals surface area contributed by atoms with Gasteiger partial charge < -0.3 is 4.74 Å². The highest BCUT2D eigenvalue weighted by molar-refractivity contribution is 6.37. The van der Waals surface area contributed by atoms with Crippen molar-refractivity contribution < 1.29 is 4.74 Å². The lowest BCUT2D eigenvalue weighted by atomic mass is 10.2. The number of halogens is 4. The van der Waals surface area contributed by atoms with Crippen molar-refractivity contribution in [3.05, 3.63) is 91.4 Å². The molecule has 0 saturated heterocycles. The molecule has 0 N–H and O–H groups in total. The first-order valence-electron chi connectivity index (χ1n) is 8.09. The summed E-state index contributed by atoms with van der Waals surface area (Å²) in [6, 6.07) is 16.6. The molecule has 0 fully saturated rings. The van der Waals surface area contributed by atoms with Crippen molar-refractivity contribution >= 4 is 58.3 Å². The largest absolute Gasteiger partial charge is 0.486 e. The lowest BCUT2D eigenvalue weighted by Gasteiger charge is -2.12. The standard InChI is InChI=1S/C21H15Cl4NO/c1-13-4-2-3-5-20(13)26-11-14-8-18(24)21(19(25)9-14)27-12-15-6-7-16(22)10-17(15)23/h2-11H,12H2,1H3. The Morgan fingerprint density at radius 1 is 0.889 bits per heavy atom. The number of para-hydroxylation sites is 1. The first-order valence-corrected chi connectivity index (χ1v) is 9.60. The van der Waals surface area contributed by atoms with Gasteiger partial charge in [-0.3, -0.25) is 4.99 Å². The van der Waals surface area contributed by atoms with E-state index >= 15 is 0 Å². The van der Waals surface area contributed by atoms with Gasteiger partial charge in [0.25, 0.3) is 0 Å². The number of hydrogen-bond donors (Lipinski definition) is 0. The zero-order valence-corrected chi connectivity index (χ0v) is 17.4. The predicted octanol–water partition coefficient (Wildman–Crippen LogP) is 7.94. The van der Waals surface area contributed by atoms with E-state index in [0.717, 1.165) is 22.4 Å². The van der Waals surface area contributed by atoms with Crippen LogP contribution in [-0.4, -0.2) is 6.21 Å². The number of aliphatic imine (C=N–C) groups is 1. The van der Waals surface area contributed by atoms with Crippen molar-refractivity contribution in [2.24, 2.45) is 4.99 Å². The number of rotatable bonds is 5. The second-order valence-corrected chi connectivity index (χ2v) is 7.54. The van der Waals surface area contributed by atoms with Crippen molar-refractivity contribution in [2.45, 2.75) is 13.5 Å². The van der Waals surface area contributed by atoms with Crippen molar-refractivity contribution in [3.8, 4) is 5.75 Å². The van der Waals surface area contributed by atoms with Crippen LogP contribution in [0.1, 0.15) is 16.7 Å². The molecule has 0 saturated carbocycles. The van der Waals surface area contributed by atoms with Gasteiger partial charge >= 0.3 is 0 Å². The third-order valence-electron chi connectivity index (χ3n) is 3.88. The summed E-state index contributed by atoms with van der Waals surface area (Å²) >= 11 is 24.8. The third kappa shape index (κ3) is 5.18. The molecule has 3 aromatic rings. The summed E-state index contributed by atoms with van der Waals surface area (Å²) in [5, 5.41) is 1.89. The van der Waals surface area contributed by atoms with Gasteiger partial charge in [0.15, 0.2) is 5.75 Å². The van der Waals surface area contributed by atoms with E-state index in [1.165, 1.54) is 0 Å². The van der Waals surface area contributed by atoms with Gasteiger partial charge in [0.05, 0.1) is 15.7 Å². The van der Waals surface area contributed by atoms with Crippen LogP contribution in [0, 0.1) is 6.92 Å². The van der Waals surface area contributed by atoms with Crippen LogP contribution in [0.4, 0.5) is 5.69 Å². The highest BCUT2D eigenvalue weighted by Crippen LogP contribution is 2.35. The Bertz CT molecular complexity index is 978. The van der Waals surface area contributed by atoms with E-state index in [1.54, 1.807) is 36.5 Å². The zero-order chi connectivity index (χ0) is 19.4. The number of aryl methyl sites for hydroxylation is 1. The second kappa shape index (κ2) is 8.99.